The molecule has 4 nitrogen and oxygen atoms in total. The van der Waals surface area contributed by atoms with Crippen LogP contribution in [0.3, 0.4) is 0 Å². The molecule has 0 aliphatic carbocycles. The first-order valence-corrected chi connectivity index (χ1v) is 6.85. The molecule has 0 saturated carbocycles. The van der Waals surface area contributed by atoms with Crippen LogP contribution in [0, 0.1) is 0 Å². The molecule has 0 aliphatic heterocycles. The molecular weight excluding hydrogens is 266 g/mol. The van der Waals surface area contributed by atoms with E-state index in [9.17, 15) is 4.79 Å². The van der Waals surface area contributed by atoms with E-state index in [0.717, 1.165) is 29.9 Å². The highest BCUT2D eigenvalue weighted by Gasteiger charge is 2.06. The molecule has 2 aromatic rings. The Morgan fingerprint density at radius 1 is 1.10 bits per heavy atom. The summed E-state index contributed by atoms with van der Waals surface area (Å²) in [6.07, 6.45) is 1.56. The van der Waals surface area contributed by atoms with Gasteiger partial charge in [0.05, 0.1) is 13.7 Å². The zero-order valence-corrected chi connectivity index (χ0v) is 12.0. The Morgan fingerprint density at radius 2 is 1.86 bits per heavy atom. The first kappa shape index (κ1) is 14.9. The van der Waals surface area contributed by atoms with Crippen LogP contribution >= 0.6 is 0 Å². The lowest BCUT2D eigenvalue weighted by atomic mass is 10.0. The maximum absolute atomic E-state index is 11.3. The molecule has 0 bridgehead atoms. The number of methoxy groups -OCH3 is 1. The van der Waals surface area contributed by atoms with Gasteiger partial charge in [-0.05, 0) is 36.6 Å². The molecular formula is C17H19NO3. The Kier molecular flexibility index (Phi) is 5.21. The summed E-state index contributed by atoms with van der Waals surface area (Å²) in [7, 11) is 1.62. The van der Waals surface area contributed by atoms with Crippen molar-refractivity contribution in [2.75, 3.05) is 13.7 Å². The monoisotopic (exact) mass is 285 g/mol. The van der Waals surface area contributed by atoms with Gasteiger partial charge in [-0.2, -0.15) is 0 Å². The zero-order chi connectivity index (χ0) is 15.1. The lowest BCUT2D eigenvalue weighted by molar-refractivity contribution is 0.0999. The van der Waals surface area contributed by atoms with Crippen LogP contribution in [-0.4, -0.2) is 19.6 Å². The maximum atomic E-state index is 11.3. The van der Waals surface area contributed by atoms with Crippen molar-refractivity contribution in [1.82, 2.24) is 0 Å². The van der Waals surface area contributed by atoms with Crippen molar-refractivity contribution in [3.05, 3.63) is 59.7 Å². The molecule has 0 spiro atoms. The third-order valence-corrected chi connectivity index (χ3v) is 3.18. The van der Waals surface area contributed by atoms with Crippen LogP contribution < -0.4 is 15.2 Å². The summed E-state index contributed by atoms with van der Waals surface area (Å²) in [5.41, 5.74) is 6.90. The second-order valence-corrected chi connectivity index (χ2v) is 4.65. The second-order valence-electron chi connectivity index (χ2n) is 4.65. The van der Waals surface area contributed by atoms with E-state index in [1.54, 1.807) is 13.2 Å². The lowest BCUT2D eigenvalue weighted by Crippen LogP contribution is -2.14. The number of ether oxygens (including phenoxy) is 2. The Hall–Kier alpha value is -2.49. The van der Waals surface area contributed by atoms with E-state index in [1.807, 2.05) is 42.5 Å². The molecule has 4 heteroatoms. The number of carbonyl (C=O) groups is 1. The molecule has 0 fully saturated rings. The summed E-state index contributed by atoms with van der Waals surface area (Å²) in [5.74, 6) is 1.16. The maximum Gasteiger partial charge on any atom is 0.248 e. The largest absolute Gasteiger partial charge is 0.497 e. The molecule has 1 amide bonds. The van der Waals surface area contributed by atoms with Crippen molar-refractivity contribution in [2.45, 2.75) is 12.8 Å². The van der Waals surface area contributed by atoms with Crippen LogP contribution in [0.1, 0.15) is 22.3 Å². The van der Waals surface area contributed by atoms with Crippen molar-refractivity contribution in [2.24, 2.45) is 5.73 Å². The predicted octanol–water partition coefficient (Wildman–Crippen LogP) is 2.81. The van der Waals surface area contributed by atoms with E-state index < -0.39 is 0 Å². The minimum absolute atomic E-state index is 0.390. The molecule has 110 valence electrons. The smallest absolute Gasteiger partial charge is 0.248 e. The molecule has 2 aromatic carbocycles. The number of hydrogen-bond acceptors (Lipinski definition) is 3. The fraction of sp³-hybridized carbons (Fsp3) is 0.235. The third kappa shape index (κ3) is 4.24. The van der Waals surface area contributed by atoms with Gasteiger partial charge in [-0.15, -0.1) is 0 Å². The van der Waals surface area contributed by atoms with Gasteiger partial charge in [0.25, 0.3) is 0 Å². The number of nitrogens with two attached hydrogens (primary N) is 1. The normalized spacial score (nSPS) is 10.1. The molecule has 0 unspecified atom stereocenters. The van der Waals surface area contributed by atoms with E-state index in [1.165, 1.54) is 0 Å². The summed E-state index contributed by atoms with van der Waals surface area (Å²) in [4.78, 5) is 11.3. The minimum Gasteiger partial charge on any atom is -0.497 e. The Morgan fingerprint density at radius 3 is 2.62 bits per heavy atom. The highest BCUT2D eigenvalue weighted by atomic mass is 16.5. The molecule has 2 rings (SSSR count). The van der Waals surface area contributed by atoms with Crippen LogP contribution in [-0.2, 0) is 6.42 Å². The molecule has 0 saturated heterocycles. The van der Waals surface area contributed by atoms with Gasteiger partial charge >= 0.3 is 0 Å². The lowest BCUT2D eigenvalue weighted by Gasteiger charge is -2.09. The number of rotatable bonds is 7. The van der Waals surface area contributed by atoms with Crippen molar-refractivity contribution >= 4 is 5.91 Å². The average molecular weight is 285 g/mol. The average Bonchev–Trinajstić information content (AvgIpc) is 2.52. The van der Waals surface area contributed by atoms with E-state index >= 15 is 0 Å². The predicted molar refractivity (Wildman–Crippen MR) is 81.8 cm³/mol. The summed E-state index contributed by atoms with van der Waals surface area (Å²) < 4.78 is 10.8. The van der Waals surface area contributed by atoms with E-state index in [4.69, 9.17) is 15.2 Å². The molecule has 0 radical (unpaired) electrons. The minimum atomic E-state index is -0.390. The van der Waals surface area contributed by atoms with Gasteiger partial charge in [-0.3, -0.25) is 4.79 Å². The number of hydrogen-bond donors (Lipinski definition) is 1. The van der Waals surface area contributed by atoms with E-state index in [2.05, 4.69) is 0 Å². The van der Waals surface area contributed by atoms with Gasteiger partial charge in [-0.25, -0.2) is 0 Å². The summed E-state index contributed by atoms with van der Waals surface area (Å²) in [6.45, 7) is 0.570. The third-order valence-electron chi connectivity index (χ3n) is 3.18. The number of amides is 1. The van der Waals surface area contributed by atoms with Gasteiger partial charge < -0.3 is 15.2 Å². The summed E-state index contributed by atoms with van der Waals surface area (Å²) >= 11 is 0. The summed E-state index contributed by atoms with van der Waals surface area (Å²) in [6, 6.07) is 14.9. The van der Waals surface area contributed by atoms with Gasteiger partial charge in [0, 0.05) is 11.6 Å². The zero-order valence-electron chi connectivity index (χ0n) is 12.0. The van der Waals surface area contributed by atoms with Crippen LogP contribution in [0.2, 0.25) is 0 Å². The van der Waals surface area contributed by atoms with Crippen LogP contribution in [0.5, 0.6) is 11.5 Å². The fourth-order valence-electron chi connectivity index (χ4n) is 2.12. The first-order valence-electron chi connectivity index (χ1n) is 6.85. The SMILES string of the molecule is COc1cccc(OCCCc2ccccc2C(N)=O)c1. The van der Waals surface area contributed by atoms with Gasteiger partial charge in [0.2, 0.25) is 5.91 Å². The molecule has 0 heterocycles. The number of benzene rings is 2. The number of primary amides is 1. The highest BCUT2D eigenvalue weighted by molar-refractivity contribution is 5.94. The topological polar surface area (TPSA) is 61.6 Å². The molecule has 21 heavy (non-hydrogen) atoms. The fourth-order valence-corrected chi connectivity index (χ4v) is 2.12. The van der Waals surface area contributed by atoms with Gasteiger partial charge in [-0.1, -0.05) is 24.3 Å². The number of aryl methyl sites for hydroxylation is 1. The quantitative estimate of drug-likeness (QED) is 0.796. The van der Waals surface area contributed by atoms with E-state index in [0.29, 0.717) is 12.2 Å². The highest BCUT2D eigenvalue weighted by Crippen LogP contribution is 2.19. The molecule has 2 N–H and O–H groups in total. The van der Waals surface area contributed by atoms with Crippen molar-refractivity contribution < 1.29 is 14.3 Å². The van der Waals surface area contributed by atoms with Crippen LogP contribution in [0.15, 0.2) is 48.5 Å². The molecule has 0 atom stereocenters. The van der Waals surface area contributed by atoms with Gasteiger partial charge in [0.15, 0.2) is 0 Å². The van der Waals surface area contributed by atoms with Gasteiger partial charge in [0.1, 0.15) is 11.5 Å². The van der Waals surface area contributed by atoms with Crippen LogP contribution in [0.4, 0.5) is 0 Å². The van der Waals surface area contributed by atoms with Crippen molar-refractivity contribution in [1.29, 1.82) is 0 Å². The standard InChI is InChI=1S/C17H19NO3/c1-20-14-8-4-9-15(12-14)21-11-5-7-13-6-2-3-10-16(13)17(18)19/h2-4,6,8-10,12H,5,7,11H2,1H3,(H2,18,19). The Balaban J connectivity index is 1.86. The van der Waals surface area contributed by atoms with Crippen molar-refractivity contribution in [3.8, 4) is 11.5 Å². The summed E-state index contributed by atoms with van der Waals surface area (Å²) in [5, 5.41) is 0. The Labute approximate surface area is 124 Å². The molecule has 0 aromatic heterocycles. The van der Waals surface area contributed by atoms with Crippen molar-refractivity contribution in [3.63, 3.8) is 0 Å². The first-order chi connectivity index (χ1) is 10.2. The number of carbonyl (C=O) groups excluding carboxylic acids is 1. The molecule has 0 aliphatic rings. The van der Waals surface area contributed by atoms with Crippen LogP contribution in [0.25, 0.3) is 0 Å². The second kappa shape index (κ2) is 7.33. The Bertz CT molecular complexity index is 610. The van der Waals surface area contributed by atoms with E-state index in [-0.39, 0.29) is 5.91 Å².